The normalized spacial score (nSPS) is 12.7. The number of hydrogen-bond donors (Lipinski definition) is 1. The molecule has 0 aromatic carbocycles. The maximum absolute atomic E-state index is 10.7. The topological polar surface area (TPSA) is 100 Å². The van der Waals surface area contributed by atoms with Gasteiger partial charge in [-0.2, -0.15) is 0 Å². The van der Waals surface area contributed by atoms with Crippen LogP contribution in [-0.2, 0) is 9.13 Å². The molecule has 10 heteroatoms. The van der Waals surface area contributed by atoms with Crippen LogP contribution in [0, 0.1) is 11.8 Å². The minimum absolute atomic E-state index is 0. The summed E-state index contributed by atoms with van der Waals surface area (Å²) in [5.74, 6) is 4.35. The molecule has 0 aliphatic carbocycles. The standard InChI is InChI=1S/C13H24O5P2.3Na/c1-2-3-4-5-6-7-8-9-10-11-12-13(14,19-15)20(16,17)18;;;/h14H,2-10H2,1H3,(H2,16,17,18);;;/q;3*+1/p-1. The summed E-state index contributed by atoms with van der Waals surface area (Å²) in [7, 11) is -7.07. The van der Waals surface area contributed by atoms with Crippen LogP contribution >= 0.6 is 16.1 Å². The van der Waals surface area contributed by atoms with E-state index in [1.54, 1.807) is 0 Å². The van der Waals surface area contributed by atoms with E-state index in [-0.39, 0.29) is 88.7 Å². The zero-order valence-electron chi connectivity index (χ0n) is 14.9. The van der Waals surface area contributed by atoms with Crippen molar-refractivity contribution in [3.8, 4) is 11.8 Å². The van der Waals surface area contributed by atoms with Crippen molar-refractivity contribution in [1.82, 2.24) is 0 Å². The fourth-order valence-corrected chi connectivity index (χ4v) is 2.49. The molecule has 1 N–H and O–H groups in total. The molecule has 0 spiro atoms. The van der Waals surface area contributed by atoms with Gasteiger partial charge in [-0.3, -0.25) is 0 Å². The van der Waals surface area contributed by atoms with Gasteiger partial charge < -0.3 is 19.5 Å². The molecule has 0 fully saturated rings. The van der Waals surface area contributed by atoms with Crippen LogP contribution in [0.25, 0.3) is 0 Å². The Morgan fingerprint density at radius 1 is 1.00 bits per heavy atom. The third kappa shape index (κ3) is 16.7. The van der Waals surface area contributed by atoms with Gasteiger partial charge in [0.05, 0.1) is 0 Å². The van der Waals surface area contributed by atoms with Crippen molar-refractivity contribution in [3.63, 3.8) is 0 Å². The van der Waals surface area contributed by atoms with Crippen LogP contribution in [0.15, 0.2) is 0 Å². The van der Waals surface area contributed by atoms with E-state index in [9.17, 15) is 24.0 Å². The molecule has 2 unspecified atom stereocenters. The van der Waals surface area contributed by atoms with Crippen molar-refractivity contribution in [2.24, 2.45) is 0 Å². The molecular formula is C13H23Na3O5P2+2. The summed E-state index contributed by atoms with van der Waals surface area (Å²) >= 11 is 0. The second-order valence-corrected chi connectivity index (χ2v) is 7.79. The minimum Gasteiger partial charge on any atom is -0.805 e. The Labute approximate surface area is 207 Å². The van der Waals surface area contributed by atoms with Crippen LogP contribution < -0.4 is 98.5 Å². The number of unbranched alkanes of at least 4 members (excludes halogenated alkanes) is 8. The summed E-state index contributed by atoms with van der Waals surface area (Å²) in [4.78, 5) is 21.4. The predicted octanol–water partition coefficient (Wildman–Crippen LogP) is -6.88. The van der Waals surface area contributed by atoms with Gasteiger partial charge in [0.2, 0.25) is 0 Å². The van der Waals surface area contributed by atoms with E-state index in [1.807, 2.05) is 5.92 Å². The van der Waals surface area contributed by atoms with Gasteiger partial charge in [-0.15, -0.1) is 0 Å². The SMILES string of the molecule is CCCCCCCCCCC#CC(O)([PH+]=O)P(=O)([O-])[O-].[Na+].[Na+].[Na+]. The monoisotopic (exact) mass is 390 g/mol. The van der Waals surface area contributed by atoms with Crippen molar-refractivity contribution < 1.29 is 113 Å². The second kappa shape index (κ2) is 19.5. The Morgan fingerprint density at radius 3 is 1.83 bits per heavy atom. The van der Waals surface area contributed by atoms with Gasteiger partial charge in [0, 0.05) is 14.0 Å². The Kier molecular flexibility index (Phi) is 28.3. The van der Waals surface area contributed by atoms with Gasteiger partial charge in [0.1, 0.15) is 0 Å². The average molecular weight is 390 g/mol. The van der Waals surface area contributed by atoms with Crippen molar-refractivity contribution >= 4 is 16.1 Å². The van der Waals surface area contributed by atoms with E-state index in [1.165, 1.54) is 32.1 Å². The molecule has 0 aliphatic heterocycles. The quantitative estimate of drug-likeness (QED) is 0.173. The summed E-state index contributed by atoms with van der Waals surface area (Å²) in [6.45, 7) is 2.17. The number of aliphatic hydroxyl groups is 1. The van der Waals surface area contributed by atoms with E-state index in [0.717, 1.165) is 19.3 Å². The first kappa shape index (κ1) is 33.4. The molecule has 116 valence electrons. The van der Waals surface area contributed by atoms with E-state index in [0.29, 0.717) is 6.42 Å². The second-order valence-electron chi connectivity index (χ2n) is 4.80. The first-order valence-electron chi connectivity index (χ1n) is 7.01. The molecule has 0 aromatic heterocycles. The largest absolute Gasteiger partial charge is 1.00 e. The van der Waals surface area contributed by atoms with Gasteiger partial charge in [0.15, 0.2) is 0 Å². The van der Waals surface area contributed by atoms with E-state index >= 15 is 0 Å². The molecule has 0 amide bonds. The molecule has 0 radical (unpaired) electrons. The third-order valence-electron chi connectivity index (χ3n) is 2.96. The fraction of sp³-hybridized carbons (Fsp3) is 0.846. The molecule has 0 rings (SSSR count). The molecule has 0 aromatic rings. The first-order chi connectivity index (χ1) is 9.37. The fourth-order valence-electron chi connectivity index (χ4n) is 1.68. The summed E-state index contributed by atoms with van der Waals surface area (Å²) in [5, 5.41) is 6.39. The Bertz CT molecular complexity index is 395. The van der Waals surface area contributed by atoms with Crippen LogP contribution in [-0.4, -0.2) is 10.2 Å². The van der Waals surface area contributed by atoms with E-state index in [2.05, 4.69) is 12.8 Å². The molecule has 5 nitrogen and oxygen atoms in total. The molecule has 0 saturated heterocycles. The molecule has 0 bridgehead atoms. The predicted molar refractivity (Wildman–Crippen MR) is 76.6 cm³/mol. The minimum atomic E-state index is -5.38. The maximum atomic E-state index is 10.7. The van der Waals surface area contributed by atoms with Gasteiger partial charge in [0.25, 0.3) is 0 Å². The van der Waals surface area contributed by atoms with Gasteiger partial charge in [-0.05, 0) is 12.3 Å². The molecule has 0 saturated carbocycles. The van der Waals surface area contributed by atoms with Gasteiger partial charge in [-0.25, -0.2) is 0 Å². The van der Waals surface area contributed by atoms with Crippen LogP contribution in [0.3, 0.4) is 0 Å². The first-order valence-corrected chi connectivity index (χ1v) is 9.46. The molecule has 2 atom stereocenters. The van der Waals surface area contributed by atoms with Crippen LogP contribution in [0.2, 0.25) is 0 Å². The summed E-state index contributed by atoms with van der Waals surface area (Å²) in [6, 6.07) is 0. The van der Waals surface area contributed by atoms with Crippen molar-refractivity contribution in [2.75, 3.05) is 0 Å². The molecule has 0 aliphatic rings. The Hall–Kier alpha value is 2.77. The zero-order chi connectivity index (χ0) is 15.5. The molecular weight excluding hydrogens is 367 g/mol. The van der Waals surface area contributed by atoms with Gasteiger partial charge >= 0.3 is 102 Å². The van der Waals surface area contributed by atoms with E-state index in [4.69, 9.17) is 0 Å². The number of rotatable bonds is 10. The smallest absolute Gasteiger partial charge is 0.805 e. The van der Waals surface area contributed by atoms with Crippen molar-refractivity contribution in [1.29, 1.82) is 0 Å². The van der Waals surface area contributed by atoms with Gasteiger partial charge in [-0.1, -0.05) is 62.4 Å². The average Bonchev–Trinajstić information content (AvgIpc) is 2.39. The Balaban J connectivity index is -0.000000602. The van der Waals surface area contributed by atoms with Crippen LogP contribution in [0.1, 0.15) is 64.7 Å². The van der Waals surface area contributed by atoms with E-state index < -0.39 is 21.1 Å². The third-order valence-corrected chi connectivity index (χ3v) is 5.37. The van der Waals surface area contributed by atoms with Crippen LogP contribution in [0.4, 0.5) is 0 Å². The van der Waals surface area contributed by atoms with Crippen molar-refractivity contribution in [2.45, 2.75) is 69.8 Å². The zero-order valence-corrected chi connectivity index (χ0v) is 22.8. The van der Waals surface area contributed by atoms with Crippen LogP contribution in [0.5, 0.6) is 0 Å². The van der Waals surface area contributed by atoms with Crippen molar-refractivity contribution in [3.05, 3.63) is 0 Å². The summed E-state index contributed by atoms with van der Waals surface area (Å²) in [6.07, 6.45) is 9.40. The molecule has 23 heavy (non-hydrogen) atoms. The number of hydrogen-bond acceptors (Lipinski definition) is 5. The summed E-state index contributed by atoms with van der Waals surface area (Å²) in [5.41, 5.74) is 0. The molecule has 0 heterocycles. The maximum Gasteiger partial charge on any atom is 1.00 e. The Morgan fingerprint density at radius 2 is 1.43 bits per heavy atom. The summed E-state index contributed by atoms with van der Waals surface area (Å²) < 4.78 is 21.3.